The van der Waals surface area contributed by atoms with Crippen LogP contribution in [0.3, 0.4) is 0 Å². The Labute approximate surface area is 233 Å². The maximum Gasteiger partial charge on any atom is 0.265 e. The van der Waals surface area contributed by atoms with E-state index in [4.69, 9.17) is 9.72 Å². The smallest absolute Gasteiger partial charge is 0.265 e. The van der Waals surface area contributed by atoms with Crippen LogP contribution >= 0.6 is 0 Å². The molecule has 196 valence electrons. The van der Waals surface area contributed by atoms with Crippen molar-refractivity contribution in [3.8, 4) is 39.4 Å². The molecular weight excluding hydrogens is 496 g/mol. The van der Waals surface area contributed by atoms with Gasteiger partial charge < -0.3 is 4.74 Å². The van der Waals surface area contributed by atoms with Gasteiger partial charge in [-0.25, -0.2) is 4.98 Å². The van der Waals surface area contributed by atoms with E-state index in [0.717, 1.165) is 33.6 Å². The molecule has 4 aromatic carbocycles. The monoisotopic (exact) mass is 524 g/mol. The molecule has 1 amide bonds. The van der Waals surface area contributed by atoms with E-state index in [1.165, 1.54) is 16.0 Å². The molecule has 6 rings (SSSR count). The lowest BCUT2D eigenvalue weighted by atomic mass is 9.98. The van der Waals surface area contributed by atoms with E-state index in [1.54, 1.807) is 12.1 Å². The first kappa shape index (κ1) is 25.3. The van der Waals surface area contributed by atoms with Crippen molar-refractivity contribution in [3.63, 3.8) is 0 Å². The van der Waals surface area contributed by atoms with Crippen molar-refractivity contribution in [1.29, 1.82) is 0 Å². The standard InChI is InChI=1S/C35H28N2O3/c1-23-8-12-25(13-9-23)29-18-30(26-14-10-24(2)11-15-26)36-31(19-29)28-16-17-34-32(20-28)37(35(39)22-40-34)21-33(38)27-6-4-3-5-7-27/h3-20H,21-22H2,1-2H3. The number of carbonyl (C=O) groups is 2. The van der Waals surface area contributed by atoms with E-state index in [9.17, 15) is 9.59 Å². The van der Waals surface area contributed by atoms with Crippen molar-refractivity contribution < 1.29 is 14.3 Å². The molecule has 40 heavy (non-hydrogen) atoms. The first-order valence-corrected chi connectivity index (χ1v) is 13.3. The van der Waals surface area contributed by atoms with E-state index in [1.807, 2.05) is 36.4 Å². The second kappa shape index (κ2) is 10.6. The lowest BCUT2D eigenvalue weighted by molar-refractivity contribution is -0.121. The highest BCUT2D eigenvalue weighted by molar-refractivity contribution is 6.07. The average molecular weight is 525 g/mol. The molecule has 1 aliphatic heterocycles. The Hall–Kier alpha value is -5.03. The van der Waals surface area contributed by atoms with Crippen LogP contribution in [0, 0.1) is 13.8 Å². The molecule has 0 bridgehead atoms. The largest absolute Gasteiger partial charge is 0.482 e. The minimum absolute atomic E-state index is 0.0614. The number of benzene rings is 4. The molecule has 2 heterocycles. The van der Waals surface area contributed by atoms with Gasteiger partial charge in [0.15, 0.2) is 12.4 Å². The second-order valence-corrected chi connectivity index (χ2v) is 10.1. The molecule has 5 heteroatoms. The zero-order valence-electron chi connectivity index (χ0n) is 22.4. The van der Waals surface area contributed by atoms with Crippen LogP contribution in [0.2, 0.25) is 0 Å². The van der Waals surface area contributed by atoms with Gasteiger partial charge in [-0.2, -0.15) is 0 Å². The van der Waals surface area contributed by atoms with Gasteiger partial charge in [-0.1, -0.05) is 90.0 Å². The molecule has 0 atom stereocenters. The van der Waals surface area contributed by atoms with Crippen LogP contribution in [0.15, 0.2) is 109 Å². The minimum Gasteiger partial charge on any atom is -0.482 e. The van der Waals surface area contributed by atoms with Gasteiger partial charge in [-0.05, 0) is 55.3 Å². The fourth-order valence-electron chi connectivity index (χ4n) is 4.86. The second-order valence-electron chi connectivity index (χ2n) is 10.1. The molecule has 5 nitrogen and oxygen atoms in total. The van der Waals surface area contributed by atoms with E-state index in [-0.39, 0.29) is 24.8 Å². The summed E-state index contributed by atoms with van der Waals surface area (Å²) < 4.78 is 5.73. The summed E-state index contributed by atoms with van der Waals surface area (Å²) in [6.45, 7) is 3.97. The van der Waals surface area contributed by atoms with Crippen LogP contribution < -0.4 is 9.64 Å². The van der Waals surface area contributed by atoms with Crippen LogP contribution in [0.5, 0.6) is 5.75 Å². The minimum atomic E-state index is -0.254. The zero-order valence-corrected chi connectivity index (χ0v) is 22.4. The molecule has 5 aromatic rings. The number of rotatable bonds is 6. The predicted molar refractivity (Wildman–Crippen MR) is 159 cm³/mol. The quantitative estimate of drug-likeness (QED) is 0.219. The number of ether oxygens (including phenoxy) is 1. The predicted octanol–water partition coefficient (Wildman–Crippen LogP) is 7.31. The Morgan fingerprint density at radius 1 is 0.725 bits per heavy atom. The summed E-state index contributed by atoms with van der Waals surface area (Å²) in [6, 6.07) is 35.6. The molecule has 0 aliphatic carbocycles. The van der Waals surface area contributed by atoms with E-state index < -0.39 is 0 Å². The van der Waals surface area contributed by atoms with Gasteiger partial charge in [0.05, 0.1) is 23.6 Å². The molecule has 0 saturated heterocycles. The van der Waals surface area contributed by atoms with Crippen LogP contribution in [0.25, 0.3) is 33.6 Å². The van der Waals surface area contributed by atoms with Crippen molar-refractivity contribution in [2.24, 2.45) is 0 Å². The normalized spacial score (nSPS) is 12.6. The summed E-state index contributed by atoms with van der Waals surface area (Å²) in [6.07, 6.45) is 0. The first-order chi connectivity index (χ1) is 19.4. The highest BCUT2D eigenvalue weighted by Crippen LogP contribution is 2.37. The molecule has 0 N–H and O–H groups in total. The fourth-order valence-corrected chi connectivity index (χ4v) is 4.86. The number of carbonyl (C=O) groups excluding carboxylic acids is 2. The number of aromatic nitrogens is 1. The van der Waals surface area contributed by atoms with Gasteiger partial charge in [0.2, 0.25) is 0 Å². The Bertz CT molecular complexity index is 1650. The summed E-state index contributed by atoms with van der Waals surface area (Å²) >= 11 is 0. The van der Waals surface area contributed by atoms with Gasteiger partial charge in [-0.3, -0.25) is 14.5 Å². The van der Waals surface area contributed by atoms with Crippen LogP contribution in [-0.2, 0) is 4.79 Å². The maximum atomic E-state index is 13.0. The number of fused-ring (bicyclic) bond motifs is 1. The average Bonchev–Trinajstić information content (AvgIpc) is 2.99. The Kier molecular flexibility index (Phi) is 6.71. The number of hydrogen-bond donors (Lipinski definition) is 0. The van der Waals surface area contributed by atoms with Crippen molar-refractivity contribution in [2.75, 3.05) is 18.1 Å². The Morgan fingerprint density at radius 3 is 2.00 bits per heavy atom. The third-order valence-corrected chi connectivity index (χ3v) is 7.15. The summed E-state index contributed by atoms with van der Waals surface area (Å²) in [5, 5.41) is 0. The summed E-state index contributed by atoms with van der Waals surface area (Å²) in [4.78, 5) is 32.5. The van der Waals surface area contributed by atoms with E-state index in [2.05, 4.69) is 74.5 Å². The third kappa shape index (κ3) is 5.14. The SMILES string of the molecule is Cc1ccc(-c2cc(-c3ccc(C)cc3)nc(-c3ccc4c(c3)N(CC(=O)c3ccccc3)C(=O)CO4)c2)cc1. The molecule has 0 radical (unpaired) electrons. The van der Waals surface area contributed by atoms with Gasteiger partial charge in [0, 0.05) is 16.7 Å². The summed E-state index contributed by atoms with van der Waals surface area (Å²) in [5.74, 6) is 0.182. The Balaban J connectivity index is 1.43. The highest BCUT2D eigenvalue weighted by Gasteiger charge is 2.28. The van der Waals surface area contributed by atoms with Crippen molar-refractivity contribution in [1.82, 2.24) is 4.98 Å². The number of aryl methyl sites for hydroxylation is 2. The van der Waals surface area contributed by atoms with E-state index in [0.29, 0.717) is 17.0 Å². The summed E-state index contributed by atoms with van der Waals surface area (Å²) in [7, 11) is 0. The molecule has 0 fully saturated rings. The fraction of sp³-hybridized carbons (Fsp3) is 0.114. The van der Waals surface area contributed by atoms with Crippen LogP contribution in [0.1, 0.15) is 21.5 Å². The number of ketones is 1. The van der Waals surface area contributed by atoms with Gasteiger partial charge >= 0.3 is 0 Å². The number of amides is 1. The lowest BCUT2D eigenvalue weighted by Crippen LogP contribution is -2.42. The molecule has 0 saturated carbocycles. The van der Waals surface area contributed by atoms with Crippen LogP contribution in [-0.4, -0.2) is 29.8 Å². The van der Waals surface area contributed by atoms with Crippen molar-refractivity contribution in [3.05, 3.63) is 126 Å². The number of hydrogen-bond acceptors (Lipinski definition) is 4. The number of nitrogens with zero attached hydrogens (tertiary/aromatic N) is 2. The number of anilines is 1. The van der Waals surface area contributed by atoms with Gasteiger partial charge in [0.25, 0.3) is 5.91 Å². The third-order valence-electron chi connectivity index (χ3n) is 7.15. The topological polar surface area (TPSA) is 59.5 Å². The highest BCUT2D eigenvalue weighted by atomic mass is 16.5. The Morgan fingerprint density at radius 2 is 1.32 bits per heavy atom. The lowest BCUT2D eigenvalue weighted by Gasteiger charge is -2.29. The van der Waals surface area contributed by atoms with Crippen LogP contribution in [0.4, 0.5) is 5.69 Å². The molecule has 1 aromatic heterocycles. The molecule has 1 aliphatic rings. The molecular formula is C35H28N2O3. The first-order valence-electron chi connectivity index (χ1n) is 13.3. The van der Waals surface area contributed by atoms with E-state index >= 15 is 0 Å². The number of pyridine rings is 1. The zero-order chi connectivity index (χ0) is 27.6. The van der Waals surface area contributed by atoms with Crippen molar-refractivity contribution >= 4 is 17.4 Å². The number of Topliss-reactive ketones (excluding diaryl/α,β-unsaturated/α-hetero) is 1. The maximum absolute atomic E-state index is 13.0. The summed E-state index contributed by atoms with van der Waals surface area (Å²) in [5.41, 5.74) is 9.12. The van der Waals surface area contributed by atoms with Crippen molar-refractivity contribution in [2.45, 2.75) is 13.8 Å². The molecule has 0 spiro atoms. The van der Waals surface area contributed by atoms with Gasteiger partial charge in [0.1, 0.15) is 5.75 Å². The van der Waals surface area contributed by atoms with Gasteiger partial charge in [-0.15, -0.1) is 0 Å². The molecule has 0 unspecified atom stereocenters.